The zero-order chi connectivity index (χ0) is 24.2. The van der Waals surface area contributed by atoms with Gasteiger partial charge in [0.2, 0.25) is 10.0 Å². The van der Waals surface area contributed by atoms with Gasteiger partial charge in [-0.1, -0.05) is 47.5 Å². The number of carbonyl (C=O) groups is 1. The maximum Gasteiger partial charge on any atom is 0.271 e. The average molecular weight is 464 g/mol. The molecule has 0 atom stereocenters. The summed E-state index contributed by atoms with van der Waals surface area (Å²) >= 11 is 0. The van der Waals surface area contributed by atoms with Gasteiger partial charge in [0.15, 0.2) is 0 Å². The van der Waals surface area contributed by atoms with Crippen molar-refractivity contribution in [1.82, 2.24) is 9.73 Å². The van der Waals surface area contributed by atoms with E-state index in [-0.39, 0.29) is 17.3 Å². The van der Waals surface area contributed by atoms with Crippen LogP contribution in [0.5, 0.6) is 0 Å². The van der Waals surface area contributed by atoms with Crippen LogP contribution in [0.15, 0.2) is 70.7 Å². The van der Waals surface area contributed by atoms with Crippen molar-refractivity contribution in [1.29, 1.82) is 0 Å². The normalized spacial score (nSPS) is 11.8. The molecule has 0 heterocycles. The summed E-state index contributed by atoms with van der Waals surface area (Å²) in [5, 5.41) is 4.10. The maximum atomic E-state index is 12.8. The van der Waals surface area contributed by atoms with E-state index in [9.17, 15) is 13.2 Å². The number of hydrogen-bond acceptors (Lipinski definition) is 4. The Hall–Kier alpha value is -3.29. The topological polar surface area (TPSA) is 78.8 Å². The molecule has 0 aliphatic heterocycles. The van der Waals surface area contributed by atoms with Crippen LogP contribution in [0, 0.1) is 27.7 Å². The van der Waals surface area contributed by atoms with E-state index < -0.39 is 10.0 Å². The molecule has 0 unspecified atom stereocenters. The first-order chi connectivity index (χ1) is 15.6. The number of aryl methyl sites for hydroxylation is 4. The molecule has 0 spiro atoms. The Balaban J connectivity index is 1.64. The van der Waals surface area contributed by atoms with Crippen LogP contribution in [-0.2, 0) is 16.6 Å². The number of rotatable bonds is 7. The van der Waals surface area contributed by atoms with Crippen molar-refractivity contribution in [3.8, 4) is 0 Å². The highest BCUT2D eigenvalue weighted by Gasteiger charge is 2.20. The van der Waals surface area contributed by atoms with Gasteiger partial charge >= 0.3 is 0 Å². The Morgan fingerprint density at radius 1 is 0.909 bits per heavy atom. The van der Waals surface area contributed by atoms with E-state index in [1.165, 1.54) is 9.87 Å². The first-order valence-electron chi connectivity index (χ1n) is 10.6. The smallest absolute Gasteiger partial charge is 0.267 e. The molecule has 0 aliphatic carbocycles. The molecule has 0 aliphatic rings. The summed E-state index contributed by atoms with van der Waals surface area (Å²) in [6.07, 6.45) is 1.65. The van der Waals surface area contributed by atoms with Gasteiger partial charge in [0.1, 0.15) is 0 Å². The molecule has 0 saturated heterocycles. The van der Waals surface area contributed by atoms with Crippen molar-refractivity contribution in [3.63, 3.8) is 0 Å². The zero-order valence-electron chi connectivity index (χ0n) is 19.6. The summed E-state index contributed by atoms with van der Waals surface area (Å²) in [6, 6.07) is 17.7. The van der Waals surface area contributed by atoms with Gasteiger partial charge in [-0.25, -0.2) is 13.8 Å². The Labute approximate surface area is 196 Å². The monoisotopic (exact) mass is 463 g/mol. The van der Waals surface area contributed by atoms with Crippen LogP contribution in [0.2, 0.25) is 0 Å². The van der Waals surface area contributed by atoms with Crippen LogP contribution in [0.4, 0.5) is 0 Å². The fourth-order valence-corrected chi connectivity index (χ4v) is 4.77. The summed E-state index contributed by atoms with van der Waals surface area (Å²) in [4.78, 5) is 12.7. The van der Waals surface area contributed by atoms with Gasteiger partial charge in [0.25, 0.3) is 5.91 Å². The standard InChI is InChI=1S/C26H29N3O3S/c1-18-6-12-24(13-7-18)33(31,32)29(5)17-22-8-10-23(11-9-22)26(30)28-27-16-25-20(3)14-19(2)15-21(25)4/h6-16H,17H2,1-5H3,(H,28,30). The van der Waals surface area contributed by atoms with Gasteiger partial charge in [0, 0.05) is 24.7 Å². The molecule has 6 nitrogen and oxygen atoms in total. The lowest BCUT2D eigenvalue weighted by atomic mass is 10.0. The Bertz CT molecular complexity index is 1260. The minimum absolute atomic E-state index is 0.197. The highest BCUT2D eigenvalue weighted by atomic mass is 32.2. The summed E-state index contributed by atoms with van der Waals surface area (Å²) in [7, 11) is -2.05. The predicted octanol–water partition coefficient (Wildman–Crippen LogP) is 4.50. The lowest BCUT2D eigenvalue weighted by Crippen LogP contribution is -2.26. The third-order valence-corrected chi connectivity index (χ3v) is 7.27. The van der Waals surface area contributed by atoms with Gasteiger partial charge in [-0.15, -0.1) is 0 Å². The van der Waals surface area contributed by atoms with Crippen molar-refractivity contribution in [3.05, 3.63) is 99.6 Å². The van der Waals surface area contributed by atoms with Crippen LogP contribution < -0.4 is 5.43 Å². The van der Waals surface area contributed by atoms with Crippen LogP contribution in [0.3, 0.4) is 0 Å². The van der Waals surface area contributed by atoms with Crippen molar-refractivity contribution < 1.29 is 13.2 Å². The molecule has 0 aromatic heterocycles. The highest BCUT2D eigenvalue weighted by molar-refractivity contribution is 7.89. The van der Waals surface area contributed by atoms with E-state index >= 15 is 0 Å². The lowest BCUT2D eigenvalue weighted by Gasteiger charge is -2.17. The molecule has 3 aromatic rings. The summed E-state index contributed by atoms with van der Waals surface area (Å²) in [5.41, 5.74) is 9.13. The van der Waals surface area contributed by atoms with Gasteiger partial charge in [0.05, 0.1) is 11.1 Å². The fourth-order valence-electron chi connectivity index (χ4n) is 3.61. The van der Waals surface area contributed by atoms with Crippen LogP contribution >= 0.6 is 0 Å². The molecule has 172 valence electrons. The molecular weight excluding hydrogens is 434 g/mol. The molecule has 0 saturated carbocycles. The van der Waals surface area contributed by atoms with Gasteiger partial charge in [-0.3, -0.25) is 4.79 Å². The molecular formula is C26H29N3O3S. The lowest BCUT2D eigenvalue weighted by molar-refractivity contribution is 0.0955. The third-order valence-electron chi connectivity index (χ3n) is 5.45. The number of carbonyl (C=O) groups excluding carboxylic acids is 1. The molecule has 0 fully saturated rings. The Kier molecular flexibility index (Phi) is 7.46. The van der Waals surface area contributed by atoms with E-state index in [4.69, 9.17) is 0 Å². The SMILES string of the molecule is Cc1ccc(S(=O)(=O)N(C)Cc2ccc(C(=O)NN=Cc3c(C)cc(C)cc3C)cc2)cc1. The van der Waals surface area contributed by atoms with Crippen molar-refractivity contribution >= 4 is 22.1 Å². The molecule has 33 heavy (non-hydrogen) atoms. The summed E-state index contributed by atoms with van der Waals surface area (Å²) < 4.78 is 26.8. The quantitative estimate of drug-likeness (QED) is 0.414. The minimum Gasteiger partial charge on any atom is -0.267 e. The van der Waals surface area contributed by atoms with Crippen molar-refractivity contribution in [2.75, 3.05) is 7.05 Å². The second-order valence-corrected chi connectivity index (χ2v) is 10.3. The fraction of sp³-hybridized carbons (Fsp3) is 0.231. The highest BCUT2D eigenvalue weighted by Crippen LogP contribution is 2.18. The number of benzene rings is 3. The summed E-state index contributed by atoms with van der Waals surface area (Å²) in [5.74, 6) is -0.333. The molecule has 3 aromatic carbocycles. The second-order valence-electron chi connectivity index (χ2n) is 8.28. The second kappa shape index (κ2) is 10.1. The Morgan fingerprint density at radius 3 is 2.06 bits per heavy atom. The average Bonchev–Trinajstić information content (AvgIpc) is 2.76. The van der Waals surface area contributed by atoms with E-state index in [1.807, 2.05) is 27.7 Å². The van der Waals surface area contributed by atoms with Crippen molar-refractivity contribution in [2.45, 2.75) is 39.1 Å². The van der Waals surface area contributed by atoms with Gasteiger partial charge in [-0.2, -0.15) is 9.41 Å². The van der Waals surface area contributed by atoms with E-state index in [0.717, 1.165) is 27.8 Å². The molecule has 3 rings (SSSR count). The number of hydrogen-bond donors (Lipinski definition) is 1. The number of nitrogens with zero attached hydrogens (tertiary/aromatic N) is 2. The molecule has 0 radical (unpaired) electrons. The van der Waals surface area contributed by atoms with E-state index in [1.54, 1.807) is 61.8 Å². The summed E-state index contributed by atoms with van der Waals surface area (Å²) in [6.45, 7) is 8.17. The van der Waals surface area contributed by atoms with Crippen molar-refractivity contribution in [2.24, 2.45) is 5.10 Å². The molecule has 1 amide bonds. The molecule has 0 bridgehead atoms. The van der Waals surface area contributed by atoms with Crippen LogP contribution in [0.25, 0.3) is 0 Å². The van der Waals surface area contributed by atoms with Crippen LogP contribution in [0.1, 0.15) is 43.7 Å². The maximum absolute atomic E-state index is 12.8. The number of hydrazone groups is 1. The number of sulfonamides is 1. The van der Waals surface area contributed by atoms with Gasteiger partial charge in [-0.05, 0) is 68.7 Å². The zero-order valence-corrected chi connectivity index (χ0v) is 20.4. The van der Waals surface area contributed by atoms with Crippen LogP contribution in [-0.4, -0.2) is 31.9 Å². The van der Waals surface area contributed by atoms with Gasteiger partial charge < -0.3 is 0 Å². The molecule has 1 N–H and O–H groups in total. The largest absolute Gasteiger partial charge is 0.271 e. The first kappa shape index (κ1) is 24.4. The molecule has 7 heteroatoms. The van der Waals surface area contributed by atoms with E-state index in [2.05, 4.69) is 22.7 Å². The third kappa shape index (κ3) is 5.94. The number of amides is 1. The first-order valence-corrected chi connectivity index (χ1v) is 12.0. The minimum atomic E-state index is -3.59. The predicted molar refractivity (Wildman–Crippen MR) is 132 cm³/mol. The number of nitrogens with one attached hydrogen (secondary N) is 1. The Morgan fingerprint density at radius 2 is 1.48 bits per heavy atom. The van der Waals surface area contributed by atoms with E-state index in [0.29, 0.717) is 5.56 Å².